The minimum atomic E-state index is 0.488. The van der Waals surface area contributed by atoms with Crippen LogP contribution in [0.15, 0.2) is 18.3 Å². The molecule has 44 valence electrons. The van der Waals surface area contributed by atoms with Gasteiger partial charge in [-0.2, -0.15) is 12.1 Å². The molecule has 0 bridgehead atoms. The van der Waals surface area contributed by atoms with Crippen molar-refractivity contribution in [3.8, 4) is 0 Å². The summed E-state index contributed by atoms with van der Waals surface area (Å²) in [5.41, 5.74) is 0. The second-order valence-corrected chi connectivity index (χ2v) is 1.47. The van der Waals surface area contributed by atoms with Crippen LogP contribution in [0.4, 0.5) is 0 Å². The van der Waals surface area contributed by atoms with Crippen LogP contribution in [-0.2, 0) is 16.3 Å². The second kappa shape index (κ2) is 6.66. The van der Waals surface area contributed by atoms with E-state index in [1.165, 1.54) is 16.3 Å². The number of hydrogen-bond acceptors (Lipinski definition) is 1. The fourth-order valence-electron chi connectivity index (χ4n) is 0.306. The van der Waals surface area contributed by atoms with Gasteiger partial charge in [0, 0.05) is 5.15 Å². The molecule has 0 amide bonds. The Morgan fingerprint density at radius 2 is 2.33 bits per heavy atom. The molecule has 0 spiro atoms. The van der Waals surface area contributed by atoms with Crippen molar-refractivity contribution < 1.29 is 16.3 Å². The summed E-state index contributed by atoms with van der Waals surface area (Å²) in [6, 6.07) is 6.08. The van der Waals surface area contributed by atoms with Crippen LogP contribution in [0.5, 0.6) is 0 Å². The van der Waals surface area contributed by atoms with Gasteiger partial charge in [0.25, 0.3) is 0 Å². The average Bonchev–Trinajstić information content (AvgIpc) is 1.94. The Morgan fingerprint density at radius 3 is 2.56 bits per heavy atom. The maximum atomic E-state index is 5.40. The van der Waals surface area contributed by atoms with E-state index in [9.17, 15) is 0 Å². The standard InChI is InChI=1S/C5H3ClN.BrH.Zn/c6-5-3-1-2-4-7-5;;/h2-4H;1H;/q-1;;+2/p-1. The van der Waals surface area contributed by atoms with Gasteiger partial charge in [0.1, 0.15) is 0 Å². The maximum absolute atomic E-state index is 5.40. The Labute approximate surface area is 75.9 Å². The van der Waals surface area contributed by atoms with Crippen LogP contribution in [0, 0.1) is 6.07 Å². The van der Waals surface area contributed by atoms with E-state index in [0.29, 0.717) is 5.15 Å². The molecule has 1 heterocycles. The van der Waals surface area contributed by atoms with E-state index < -0.39 is 0 Å². The topological polar surface area (TPSA) is 12.9 Å². The molecule has 9 heavy (non-hydrogen) atoms. The zero-order valence-electron chi connectivity index (χ0n) is 4.64. The third-order valence-electron chi connectivity index (χ3n) is 0.571. The van der Waals surface area contributed by atoms with Gasteiger partial charge in [0.05, 0.1) is 0 Å². The third kappa shape index (κ3) is 5.01. The molecule has 0 N–H and O–H groups in total. The van der Waals surface area contributed by atoms with Crippen molar-refractivity contribution in [2.24, 2.45) is 0 Å². The molecule has 0 aliphatic heterocycles. The van der Waals surface area contributed by atoms with Gasteiger partial charge in [-0.15, -0.1) is 17.7 Å². The molecule has 0 saturated heterocycles. The number of rotatable bonds is 0. The predicted molar refractivity (Wildman–Crippen MR) is 37.0 cm³/mol. The zero-order valence-corrected chi connectivity index (χ0v) is 9.95. The Morgan fingerprint density at radius 1 is 1.67 bits per heavy atom. The van der Waals surface area contributed by atoms with Gasteiger partial charge in [-0.3, -0.25) is 0 Å². The summed E-state index contributed by atoms with van der Waals surface area (Å²) in [6.45, 7) is 0. The molecule has 0 aliphatic rings. The minimum absolute atomic E-state index is 0.488. The third-order valence-corrected chi connectivity index (χ3v) is 0.778. The van der Waals surface area contributed by atoms with E-state index in [1.54, 1.807) is 18.3 Å². The van der Waals surface area contributed by atoms with Gasteiger partial charge < -0.3 is 4.98 Å². The quantitative estimate of drug-likeness (QED) is 0.395. The number of aromatic nitrogens is 1. The van der Waals surface area contributed by atoms with Crippen LogP contribution in [0.2, 0.25) is 5.15 Å². The fraction of sp³-hybridized carbons (Fsp3) is 0. The molecule has 1 aromatic rings. The number of hydrogen-bond donors (Lipinski definition) is 0. The first-order chi connectivity index (χ1) is 4.39. The summed E-state index contributed by atoms with van der Waals surface area (Å²) in [7, 11) is 0. The summed E-state index contributed by atoms with van der Waals surface area (Å²) in [6.07, 6.45) is 1.60. The van der Waals surface area contributed by atoms with Gasteiger partial charge in [0.15, 0.2) is 0 Å². The van der Waals surface area contributed by atoms with E-state index in [2.05, 4.69) is 24.7 Å². The molecule has 0 saturated carbocycles. The molecule has 0 aromatic carbocycles. The van der Waals surface area contributed by atoms with Gasteiger partial charge in [-0.1, -0.05) is 6.20 Å². The summed E-state index contributed by atoms with van der Waals surface area (Å²) < 4.78 is 0. The molecular weight excluding hydrogens is 255 g/mol. The van der Waals surface area contributed by atoms with Gasteiger partial charge in [-0.25, -0.2) is 0 Å². The molecule has 0 unspecified atom stereocenters. The van der Waals surface area contributed by atoms with Crippen LogP contribution in [0.25, 0.3) is 0 Å². The van der Waals surface area contributed by atoms with E-state index in [-0.39, 0.29) is 0 Å². The Balaban J connectivity index is 0.000000291. The Bertz CT molecular complexity index is 147. The normalized spacial score (nSPS) is 7.56. The first kappa shape index (κ1) is 9.54. The van der Waals surface area contributed by atoms with Crippen molar-refractivity contribution in [2.45, 2.75) is 0 Å². The second-order valence-electron chi connectivity index (χ2n) is 1.08. The van der Waals surface area contributed by atoms with E-state index in [1.807, 2.05) is 0 Å². The van der Waals surface area contributed by atoms with Crippen LogP contribution in [-0.4, -0.2) is 4.98 Å². The molecule has 1 nitrogen and oxygen atoms in total. The average molecular weight is 258 g/mol. The molecule has 0 radical (unpaired) electrons. The predicted octanol–water partition coefficient (Wildman–Crippen LogP) is 2.38. The van der Waals surface area contributed by atoms with Crippen LogP contribution in [0.3, 0.4) is 0 Å². The van der Waals surface area contributed by atoms with Crippen molar-refractivity contribution in [1.29, 1.82) is 0 Å². The molecule has 0 atom stereocenters. The van der Waals surface area contributed by atoms with Crippen molar-refractivity contribution in [3.63, 3.8) is 0 Å². The van der Waals surface area contributed by atoms with E-state index in [4.69, 9.17) is 11.6 Å². The first-order valence-corrected chi connectivity index (χ1v) is 9.46. The Kier molecular flexibility index (Phi) is 7.06. The molecule has 0 fully saturated rings. The number of nitrogens with zero attached hydrogens (tertiary/aromatic N) is 1. The van der Waals surface area contributed by atoms with Crippen LogP contribution >= 0.6 is 25.2 Å². The van der Waals surface area contributed by atoms with Crippen molar-refractivity contribution >= 4 is 25.2 Å². The molecular formula is C5H3BrClNZn. The van der Waals surface area contributed by atoms with Crippen LogP contribution < -0.4 is 0 Å². The van der Waals surface area contributed by atoms with Gasteiger partial charge in [-0.05, 0) is 0 Å². The monoisotopic (exact) mass is 255 g/mol. The Hall–Kier alpha value is 0.543. The van der Waals surface area contributed by atoms with Crippen molar-refractivity contribution in [3.05, 3.63) is 29.5 Å². The number of halogens is 2. The van der Waals surface area contributed by atoms with Crippen molar-refractivity contribution in [1.82, 2.24) is 4.98 Å². The molecule has 1 rings (SSSR count). The summed E-state index contributed by atoms with van der Waals surface area (Å²) in [4.78, 5) is 3.71. The van der Waals surface area contributed by atoms with E-state index >= 15 is 0 Å². The zero-order chi connectivity index (χ0) is 7.11. The van der Waals surface area contributed by atoms with Gasteiger partial charge >= 0.3 is 30.0 Å². The number of pyridine rings is 1. The summed E-state index contributed by atoms with van der Waals surface area (Å²) in [5, 5.41) is 0.488. The van der Waals surface area contributed by atoms with Crippen LogP contribution in [0.1, 0.15) is 0 Å². The summed E-state index contributed by atoms with van der Waals surface area (Å²) >= 11 is 9.65. The van der Waals surface area contributed by atoms with E-state index in [0.717, 1.165) is 0 Å². The summed E-state index contributed by atoms with van der Waals surface area (Å²) in [5.74, 6) is 0. The molecule has 0 aliphatic carbocycles. The van der Waals surface area contributed by atoms with Gasteiger partial charge in [0.2, 0.25) is 0 Å². The molecule has 1 aromatic heterocycles. The van der Waals surface area contributed by atoms with Crippen molar-refractivity contribution in [2.75, 3.05) is 0 Å². The fourth-order valence-corrected chi connectivity index (χ4v) is 0.425. The first-order valence-electron chi connectivity index (χ1n) is 2.14. The SMILES string of the molecule is Clc1c[c-]ccn1.[Zn+][Br]. The molecule has 4 heteroatoms.